The number of nitrogens with one attached hydrogen (secondary N) is 2. The second-order valence-electron chi connectivity index (χ2n) is 4.23. The smallest absolute Gasteiger partial charge is 0.350 e. The third kappa shape index (κ3) is 2.57. The van der Waals surface area contributed by atoms with Crippen molar-refractivity contribution >= 4 is 34.8 Å². The van der Waals surface area contributed by atoms with Crippen LogP contribution in [0.2, 0.25) is 0 Å². The van der Waals surface area contributed by atoms with Crippen LogP contribution in [-0.4, -0.2) is 24.4 Å². The Morgan fingerprint density at radius 3 is 2.65 bits per heavy atom. The highest BCUT2D eigenvalue weighted by atomic mass is 32.1. The van der Waals surface area contributed by atoms with Crippen LogP contribution in [0.4, 0.5) is 5.69 Å². The van der Waals surface area contributed by atoms with Crippen LogP contribution in [0, 0.1) is 6.92 Å². The van der Waals surface area contributed by atoms with Gasteiger partial charge in [-0.25, -0.2) is 4.79 Å². The van der Waals surface area contributed by atoms with Crippen molar-refractivity contribution in [2.75, 3.05) is 11.9 Å². The Labute approximate surface area is 119 Å². The van der Waals surface area contributed by atoms with E-state index in [2.05, 4.69) is 10.6 Å². The Balaban J connectivity index is 2.54. The molecule has 20 heavy (non-hydrogen) atoms. The van der Waals surface area contributed by atoms with Gasteiger partial charge in [-0.15, -0.1) is 11.3 Å². The zero-order valence-corrected chi connectivity index (χ0v) is 12.1. The van der Waals surface area contributed by atoms with Crippen LogP contribution < -0.4 is 10.6 Å². The van der Waals surface area contributed by atoms with E-state index in [0.29, 0.717) is 16.1 Å². The summed E-state index contributed by atoms with van der Waals surface area (Å²) in [6.45, 7) is 5.26. The second-order valence-corrected chi connectivity index (χ2v) is 5.45. The number of aryl methyl sites for hydroxylation is 1. The third-order valence-corrected chi connectivity index (χ3v) is 3.76. The van der Waals surface area contributed by atoms with E-state index < -0.39 is 11.9 Å². The van der Waals surface area contributed by atoms with E-state index in [0.717, 1.165) is 11.3 Å². The Morgan fingerprint density at radius 1 is 1.30 bits per heavy atom. The van der Waals surface area contributed by atoms with Gasteiger partial charge in [-0.05, 0) is 20.8 Å². The number of hydrogen-bond acceptors (Lipinski definition) is 5. The summed E-state index contributed by atoms with van der Waals surface area (Å²) in [5.74, 6) is -1.29. The van der Waals surface area contributed by atoms with Gasteiger partial charge in [0.15, 0.2) is 0 Å². The van der Waals surface area contributed by atoms with E-state index in [1.807, 2.05) is 0 Å². The lowest BCUT2D eigenvalue weighted by Crippen LogP contribution is -2.27. The lowest BCUT2D eigenvalue weighted by Gasteiger charge is -2.13. The molecular formula is C13H14N2O4S. The van der Waals surface area contributed by atoms with Crippen molar-refractivity contribution in [3.05, 3.63) is 27.1 Å². The topological polar surface area (TPSA) is 84.5 Å². The van der Waals surface area contributed by atoms with Gasteiger partial charge < -0.3 is 15.4 Å². The molecule has 1 aromatic heterocycles. The molecule has 0 spiro atoms. The van der Waals surface area contributed by atoms with Gasteiger partial charge >= 0.3 is 5.97 Å². The van der Waals surface area contributed by atoms with E-state index in [1.165, 1.54) is 6.08 Å². The largest absolute Gasteiger partial charge is 0.462 e. The fourth-order valence-electron chi connectivity index (χ4n) is 1.91. The van der Waals surface area contributed by atoms with Crippen molar-refractivity contribution in [3.8, 4) is 0 Å². The minimum atomic E-state index is -0.545. The number of carbonyl (C=O) groups is 3. The first-order valence-electron chi connectivity index (χ1n) is 6.05. The third-order valence-electron chi connectivity index (χ3n) is 2.68. The normalized spacial score (nSPS) is 14.4. The first-order valence-corrected chi connectivity index (χ1v) is 6.86. The average Bonchev–Trinajstić information content (AvgIpc) is 2.64. The summed E-state index contributed by atoms with van der Waals surface area (Å²) in [5.41, 5.74) is 0.970. The van der Waals surface area contributed by atoms with Crippen molar-refractivity contribution in [3.63, 3.8) is 0 Å². The molecule has 0 fully saturated rings. The fourth-order valence-corrected chi connectivity index (χ4v) is 2.91. The molecule has 1 aliphatic rings. The van der Waals surface area contributed by atoms with Crippen molar-refractivity contribution in [2.45, 2.75) is 20.8 Å². The summed E-state index contributed by atoms with van der Waals surface area (Å²) in [4.78, 5) is 36.7. The Hall–Kier alpha value is -2.15. The van der Waals surface area contributed by atoms with Crippen LogP contribution >= 0.6 is 11.3 Å². The molecule has 1 aliphatic heterocycles. The number of hydrogen-bond donors (Lipinski definition) is 2. The molecular weight excluding hydrogens is 280 g/mol. The van der Waals surface area contributed by atoms with Crippen molar-refractivity contribution in [1.29, 1.82) is 0 Å². The summed E-state index contributed by atoms with van der Waals surface area (Å²) in [5, 5.41) is 5.19. The summed E-state index contributed by atoms with van der Waals surface area (Å²) >= 11 is 1.13. The van der Waals surface area contributed by atoms with Crippen molar-refractivity contribution in [1.82, 2.24) is 5.32 Å². The predicted octanol–water partition coefficient (Wildman–Crippen LogP) is 1.82. The lowest BCUT2D eigenvalue weighted by molar-refractivity contribution is -0.112. The maximum absolute atomic E-state index is 12.1. The van der Waals surface area contributed by atoms with Crippen LogP contribution in [0.5, 0.6) is 0 Å². The SMILES string of the molecule is CCOC(=O)c1sc(C)c2c1NC(=O)C=C(C)NC2=O. The fraction of sp³-hybridized carbons (Fsp3) is 0.308. The van der Waals surface area contributed by atoms with Crippen LogP contribution in [0.1, 0.15) is 38.8 Å². The van der Waals surface area contributed by atoms with Gasteiger partial charge in [-0.1, -0.05) is 0 Å². The van der Waals surface area contributed by atoms with Crippen molar-refractivity contribution < 1.29 is 19.1 Å². The molecule has 0 saturated heterocycles. The Kier molecular flexibility index (Phi) is 3.89. The van der Waals surface area contributed by atoms with E-state index in [1.54, 1.807) is 20.8 Å². The van der Waals surface area contributed by atoms with E-state index >= 15 is 0 Å². The number of allylic oxidation sites excluding steroid dienone is 1. The number of thiophene rings is 1. The van der Waals surface area contributed by atoms with Gasteiger partial charge in [0.1, 0.15) is 4.88 Å². The van der Waals surface area contributed by atoms with Gasteiger partial charge in [-0.2, -0.15) is 0 Å². The highest BCUT2D eigenvalue weighted by molar-refractivity contribution is 7.15. The van der Waals surface area contributed by atoms with Crippen molar-refractivity contribution in [2.24, 2.45) is 0 Å². The molecule has 0 atom stereocenters. The summed E-state index contributed by atoms with van der Waals surface area (Å²) in [6.07, 6.45) is 1.27. The van der Waals surface area contributed by atoms with Crippen LogP contribution in [0.3, 0.4) is 0 Å². The molecule has 2 rings (SSSR count). The molecule has 1 aromatic rings. The molecule has 0 aromatic carbocycles. The zero-order chi connectivity index (χ0) is 14.9. The highest BCUT2D eigenvalue weighted by Crippen LogP contribution is 2.34. The molecule has 0 aliphatic carbocycles. The number of amides is 2. The monoisotopic (exact) mass is 294 g/mol. The minimum Gasteiger partial charge on any atom is -0.462 e. The molecule has 0 radical (unpaired) electrons. The molecule has 0 bridgehead atoms. The van der Waals surface area contributed by atoms with Gasteiger partial charge in [0, 0.05) is 16.7 Å². The second kappa shape index (κ2) is 5.46. The first kappa shape index (κ1) is 14.3. The Morgan fingerprint density at radius 2 is 2.00 bits per heavy atom. The number of esters is 1. The average molecular weight is 294 g/mol. The maximum atomic E-state index is 12.1. The highest BCUT2D eigenvalue weighted by Gasteiger charge is 2.28. The van der Waals surface area contributed by atoms with Gasteiger partial charge in [-0.3, -0.25) is 9.59 Å². The van der Waals surface area contributed by atoms with Gasteiger partial charge in [0.2, 0.25) is 5.91 Å². The molecule has 106 valence electrons. The molecule has 2 N–H and O–H groups in total. The number of ether oxygens (including phenoxy) is 1. The van der Waals surface area contributed by atoms with E-state index in [9.17, 15) is 14.4 Å². The van der Waals surface area contributed by atoms with Gasteiger partial charge in [0.25, 0.3) is 5.91 Å². The summed E-state index contributed by atoms with van der Waals surface area (Å²) < 4.78 is 4.94. The van der Waals surface area contributed by atoms with E-state index in [-0.39, 0.29) is 23.1 Å². The minimum absolute atomic E-state index is 0.220. The molecule has 7 heteroatoms. The summed E-state index contributed by atoms with van der Waals surface area (Å²) in [6, 6.07) is 0. The quantitative estimate of drug-likeness (QED) is 0.815. The molecule has 6 nitrogen and oxygen atoms in total. The van der Waals surface area contributed by atoms with Gasteiger partial charge in [0.05, 0.1) is 17.9 Å². The summed E-state index contributed by atoms with van der Waals surface area (Å²) in [7, 11) is 0. The standard InChI is InChI=1S/C13H14N2O4S/c1-4-19-13(18)11-10-9(7(3)20-11)12(17)14-6(2)5-8(16)15-10/h5H,4H2,1-3H3,(H,14,17)(H,15,16). The number of rotatable bonds is 2. The maximum Gasteiger partial charge on any atom is 0.350 e. The molecule has 0 unspecified atom stereocenters. The van der Waals surface area contributed by atoms with Crippen LogP contribution in [0.25, 0.3) is 0 Å². The van der Waals surface area contributed by atoms with Crippen LogP contribution in [-0.2, 0) is 9.53 Å². The number of carbonyl (C=O) groups excluding carboxylic acids is 3. The predicted molar refractivity (Wildman–Crippen MR) is 74.9 cm³/mol. The zero-order valence-electron chi connectivity index (χ0n) is 11.3. The molecule has 2 heterocycles. The number of anilines is 1. The first-order chi connectivity index (χ1) is 9.43. The Bertz CT molecular complexity index is 631. The lowest BCUT2D eigenvalue weighted by atomic mass is 10.1. The molecule has 2 amide bonds. The van der Waals surface area contributed by atoms with E-state index in [4.69, 9.17) is 4.74 Å². The number of fused-ring (bicyclic) bond motifs is 1. The van der Waals surface area contributed by atoms with Crippen LogP contribution in [0.15, 0.2) is 11.8 Å². The molecule has 0 saturated carbocycles.